The lowest BCUT2D eigenvalue weighted by molar-refractivity contribution is 0.142. The van der Waals surface area contributed by atoms with Crippen molar-refractivity contribution >= 4 is 0 Å². The van der Waals surface area contributed by atoms with Crippen LogP contribution >= 0.6 is 0 Å². The Morgan fingerprint density at radius 2 is 1.80 bits per heavy atom. The monoisotopic (exact) mass is 216 g/mol. The summed E-state index contributed by atoms with van der Waals surface area (Å²) in [5.41, 5.74) is -0.0315. The highest BCUT2D eigenvalue weighted by atomic mass is 19.3. The van der Waals surface area contributed by atoms with E-state index < -0.39 is 13.0 Å². The summed E-state index contributed by atoms with van der Waals surface area (Å²) in [5, 5.41) is 8.94. The van der Waals surface area contributed by atoms with Crippen molar-refractivity contribution in [2.45, 2.75) is 13.0 Å². The zero-order valence-electron chi connectivity index (χ0n) is 7.87. The van der Waals surface area contributed by atoms with Crippen LogP contribution in [-0.4, -0.2) is 18.3 Å². The summed E-state index contributed by atoms with van der Waals surface area (Å²) in [6, 6.07) is 2.63. The van der Waals surface area contributed by atoms with Crippen LogP contribution in [0.5, 0.6) is 11.5 Å². The molecule has 1 aliphatic rings. The fraction of sp³-hybridized carbons (Fsp3) is 0.400. The largest absolute Gasteiger partial charge is 0.486 e. The number of ether oxygens (including phenoxy) is 2. The molecule has 0 unspecified atom stereocenters. The molecule has 15 heavy (non-hydrogen) atoms. The Morgan fingerprint density at radius 3 is 2.33 bits per heavy atom. The van der Waals surface area contributed by atoms with Crippen molar-refractivity contribution in [3.8, 4) is 11.5 Å². The van der Waals surface area contributed by atoms with Crippen LogP contribution in [0.2, 0.25) is 0 Å². The zero-order chi connectivity index (χ0) is 10.8. The Hall–Kier alpha value is -1.36. The Kier molecular flexibility index (Phi) is 2.73. The zero-order valence-corrected chi connectivity index (χ0v) is 7.87. The molecule has 1 heterocycles. The van der Waals surface area contributed by atoms with Gasteiger partial charge < -0.3 is 14.6 Å². The van der Waals surface area contributed by atoms with Gasteiger partial charge in [-0.1, -0.05) is 0 Å². The minimum atomic E-state index is -2.62. The highest BCUT2D eigenvalue weighted by Crippen LogP contribution is 2.36. The molecule has 0 saturated carbocycles. The van der Waals surface area contributed by atoms with E-state index in [1.165, 1.54) is 12.1 Å². The molecule has 0 bridgehead atoms. The average Bonchev–Trinajstić information content (AvgIpc) is 2.27. The van der Waals surface area contributed by atoms with E-state index in [1.807, 2.05) is 0 Å². The fourth-order valence-corrected chi connectivity index (χ4v) is 1.49. The van der Waals surface area contributed by atoms with Crippen molar-refractivity contribution in [1.29, 1.82) is 0 Å². The third-order valence-electron chi connectivity index (χ3n) is 2.21. The molecule has 0 radical (unpaired) electrons. The first-order valence-corrected chi connectivity index (χ1v) is 4.54. The molecule has 0 aliphatic carbocycles. The molecule has 1 aliphatic heterocycles. The molecule has 0 atom stereocenters. The van der Waals surface area contributed by atoms with Gasteiger partial charge in [0.1, 0.15) is 13.2 Å². The number of benzene rings is 1. The van der Waals surface area contributed by atoms with E-state index in [9.17, 15) is 8.78 Å². The molecule has 5 heteroatoms. The van der Waals surface area contributed by atoms with Crippen molar-refractivity contribution in [2.75, 3.05) is 13.2 Å². The van der Waals surface area contributed by atoms with E-state index in [0.29, 0.717) is 24.7 Å². The van der Waals surface area contributed by atoms with Crippen LogP contribution in [0, 0.1) is 0 Å². The molecule has 3 nitrogen and oxygen atoms in total. The maximum Gasteiger partial charge on any atom is 0.264 e. The van der Waals surface area contributed by atoms with Gasteiger partial charge in [-0.3, -0.25) is 0 Å². The summed E-state index contributed by atoms with van der Waals surface area (Å²) >= 11 is 0. The van der Waals surface area contributed by atoms with Crippen LogP contribution in [-0.2, 0) is 6.61 Å². The van der Waals surface area contributed by atoms with Crippen LogP contribution in [0.1, 0.15) is 17.6 Å². The summed E-state index contributed by atoms with van der Waals surface area (Å²) in [6.07, 6.45) is -2.62. The number of alkyl halides is 2. The van der Waals surface area contributed by atoms with Crippen molar-refractivity contribution in [3.63, 3.8) is 0 Å². The summed E-state index contributed by atoms with van der Waals surface area (Å²) in [5.74, 6) is 0.725. The van der Waals surface area contributed by atoms with Gasteiger partial charge in [-0.25, -0.2) is 8.78 Å². The van der Waals surface area contributed by atoms with E-state index in [2.05, 4.69) is 0 Å². The standard InChI is InChI=1S/C10H10F2O3/c11-10(12)7-4-9-8(3-6(7)5-13)14-1-2-15-9/h3-4,10,13H,1-2,5H2. The van der Waals surface area contributed by atoms with Crippen molar-refractivity contribution < 1.29 is 23.4 Å². The predicted molar refractivity (Wildman–Crippen MR) is 48.3 cm³/mol. The summed E-state index contributed by atoms with van der Waals surface area (Å²) < 4.78 is 35.5. The molecule has 1 N–H and O–H groups in total. The lowest BCUT2D eigenvalue weighted by atomic mass is 10.1. The quantitative estimate of drug-likeness (QED) is 0.820. The second-order valence-electron chi connectivity index (χ2n) is 3.15. The summed E-state index contributed by atoms with van der Waals surface area (Å²) in [4.78, 5) is 0. The Balaban J connectivity index is 2.46. The van der Waals surface area contributed by atoms with E-state index in [0.717, 1.165) is 0 Å². The van der Waals surface area contributed by atoms with E-state index in [-0.39, 0.29) is 11.1 Å². The molecule has 1 aromatic carbocycles. The number of aliphatic hydroxyl groups excluding tert-OH is 1. The van der Waals surface area contributed by atoms with Gasteiger partial charge in [0.05, 0.1) is 6.61 Å². The number of hydrogen-bond acceptors (Lipinski definition) is 3. The first-order valence-electron chi connectivity index (χ1n) is 4.54. The van der Waals surface area contributed by atoms with Gasteiger partial charge in [-0.15, -0.1) is 0 Å². The normalized spacial score (nSPS) is 14.4. The highest BCUT2D eigenvalue weighted by molar-refractivity contribution is 5.48. The fourth-order valence-electron chi connectivity index (χ4n) is 1.49. The van der Waals surface area contributed by atoms with Gasteiger partial charge in [0.25, 0.3) is 6.43 Å². The van der Waals surface area contributed by atoms with Crippen LogP contribution in [0.4, 0.5) is 8.78 Å². The van der Waals surface area contributed by atoms with Crippen molar-refractivity contribution in [1.82, 2.24) is 0 Å². The lowest BCUT2D eigenvalue weighted by Crippen LogP contribution is -2.16. The van der Waals surface area contributed by atoms with E-state index in [4.69, 9.17) is 14.6 Å². The van der Waals surface area contributed by atoms with Crippen molar-refractivity contribution in [3.05, 3.63) is 23.3 Å². The van der Waals surface area contributed by atoms with E-state index >= 15 is 0 Å². The van der Waals surface area contributed by atoms with Gasteiger partial charge in [0, 0.05) is 5.56 Å². The van der Waals surface area contributed by atoms with Crippen LogP contribution in [0.25, 0.3) is 0 Å². The number of hydrogen-bond donors (Lipinski definition) is 1. The predicted octanol–water partition coefficient (Wildman–Crippen LogP) is 1.89. The molecule has 1 aromatic rings. The minimum Gasteiger partial charge on any atom is -0.486 e. The Bertz CT molecular complexity index is 366. The van der Waals surface area contributed by atoms with Crippen LogP contribution in [0.15, 0.2) is 12.1 Å². The smallest absolute Gasteiger partial charge is 0.264 e. The van der Waals surface area contributed by atoms with E-state index in [1.54, 1.807) is 0 Å². The maximum atomic E-state index is 12.6. The van der Waals surface area contributed by atoms with Crippen LogP contribution in [0.3, 0.4) is 0 Å². The Morgan fingerprint density at radius 1 is 1.20 bits per heavy atom. The number of fused-ring (bicyclic) bond motifs is 1. The molecule has 82 valence electrons. The number of rotatable bonds is 2. The third-order valence-corrected chi connectivity index (χ3v) is 2.21. The SMILES string of the molecule is OCc1cc2c(cc1C(F)F)OCCO2. The second kappa shape index (κ2) is 4.02. The van der Waals surface area contributed by atoms with Crippen molar-refractivity contribution in [2.24, 2.45) is 0 Å². The molecular formula is C10H10F2O3. The topological polar surface area (TPSA) is 38.7 Å². The molecule has 2 rings (SSSR count). The number of aliphatic hydroxyl groups is 1. The second-order valence-corrected chi connectivity index (χ2v) is 3.15. The van der Waals surface area contributed by atoms with Gasteiger partial charge in [0.15, 0.2) is 11.5 Å². The molecular weight excluding hydrogens is 206 g/mol. The molecule has 0 amide bonds. The summed E-state index contributed by atoms with van der Waals surface area (Å²) in [7, 11) is 0. The van der Waals surface area contributed by atoms with Gasteiger partial charge in [-0.05, 0) is 17.7 Å². The first-order chi connectivity index (χ1) is 7.22. The molecule has 0 aromatic heterocycles. The first kappa shape index (κ1) is 10.2. The van der Waals surface area contributed by atoms with Gasteiger partial charge in [0.2, 0.25) is 0 Å². The lowest BCUT2D eigenvalue weighted by Gasteiger charge is -2.20. The molecule has 0 fully saturated rings. The Labute approximate surface area is 85.2 Å². The third kappa shape index (κ3) is 1.87. The van der Waals surface area contributed by atoms with Gasteiger partial charge >= 0.3 is 0 Å². The summed E-state index contributed by atoms with van der Waals surface area (Å²) in [6.45, 7) is 0.316. The molecule has 0 spiro atoms. The maximum absolute atomic E-state index is 12.6. The minimum absolute atomic E-state index is 0.175. The van der Waals surface area contributed by atoms with Gasteiger partial charge in [-0.2, -0.15) is 0 Å². The highest BCUT2D eigenvalue weighted by Gasteiger charge is 2.19. The molecule has 0 saturated heterocycles. The number of halogens is 2. The van der Waals surface area contributed by atoms with Crippen LogP contribution < -0.4 is 9.47 Å². The average molecular weight is 216 g/mol.